The zero-order valence-electron chi connectivity index (χ0n) is 37.1. The van der Waals surface area contributed by atoms with E-state index in [1.807, 2.05) is 0 Å². The molecule has 0 aromatic carbocycles. The highest BCUT2D eigenvalue weighted by atomic mass is 16.5. The van der Waals surface area contributed by atoms with Gasteiger partial charge in [0.05, 0.1) is 25.2 Å². The molecule has 326 valence electrons. The van der Waals surface area contributed by atoms with E-state index >= 15 is 0 Å². The van der Waals surface area contributed by atoms with Crippen LogP contribution in [0.15, 0.2) is 12.2 Å². The summed E-state index contributed by atoms with van der Waals surface area (Å²) < 4.78 is 5.89. The molecule has 0 saturated heterocycles. The number of carbonyl (C=O) groups excluding carboxylic acids is 2. The van der Waals surface area contributed by atoms with E-state index in [0.29, 0.717) is 19.3 Å². The summed E-state index contributed by atoms with van der Waals surface area (Å²) in [6.45, 7) is 6.45. The van der Waals surface area contributed by atoms with E-state index in [-0.39, 0.29) is 24.9 Å². The maximum Gasteiger partial charge on any atom is 0.306 e. The summed E-state index contributed by atoms with van der Waals surface area (Å²) >= 11 is 0. The average Bonchev–Trinajstić information content (AvgIpc) is 3.18. The Morgan fingerprint density at radius 1 is 0.509 bits per heavy atom. The normalized spacial score (nSPS) is 13.3. The monoisotopic (exact) mass is 778 g/mol. The van der Waals surface area contributed by atoms with Crippen molar-refractivity contribution >= 4 is 11.9 Å². The van der Waals surface area contributed by atoms with Crippen LogP contribution in [0.1, 0.15) is 265 Å². The molecule has 3 unspecified atom stereocenters. The van der Waals surface area contributed by atoms with Crippen LogP contribution in [0.4, 0.5) is 0 Å². The molecule has 3 atom stereocenters. The number of hydrogen-bond acceptors (Lipinski definition) is 5. The van der Waals surface area contributed by atoms with Crippen molar-refractivity contribution < 1.29 is 24.5 Å². The van der Waals surface area contributed by atoms with Crippen molar-refractivity contribution in [3.63, 3.8) is 0 Å². The summed E-state index contributed by atoms with van der Waals surface area (Å²) in [7, 11) is 0. The Morgan fingerprint density at radius 3 is 1.33 bits per heavy atom. The minimum absolute atomic E-state index is 0.0729. The number of carbonyl (C=O) groups is 2. The lowest BCUT2D eigenvalue weighted by Gasteiger charge is -2.24. The van der Waals surface area contributed by atoms with Gasteiger partial charge in [-0.2, -0.15) is 0 Å². The van der Waals surface area contributed by atoms with Gasteiger partial charge in [-0.1, -0.05) is 213 Å². The first-order chi connectivity index (χ1) is 27.0. The van der Waals surface area contributed by atoms with E-state index in [1.54, 1.807) is 0 Å². The van der Waals surface area contributed by atoms with Crippen molar-refractivity contribution in [1.82, 2.24) is 5.32 Å². The number of esters is 1. The van der Waals surface area contributed by atoms with Crippen LogP contribution in [0.3, 0.4) is 0 Å². The molecule has 0 rings (SSSR count). The quantitative estimate of drug-likeness (QED) is 0.0325. The smallest absolute Gasteiger partial charge is 0.306 e. The third kappa shape index (κ3) is 39.2. The van der Waals surface area contributed by atoms with Gasteiger partial charge in [-0.25, -0.2) is 0 Å². The Morgan fingerprint density at radius 2 is 0.873 bits per heavy atom. The van der Waals surface area contributed by atoms with E-state index < -0.39 is 18.2 Å². The Balaban J connectivity index is 4.47. The Kier molecular flexibility index (Phi) is 42.6. The second-order valence-corrected chi connectivity index (χ2v) is 16.9. The highest BCUT2D eigenvalue weighted by Gasteiger charge is 2.24. The number of unbranched alkanes of at least 4 members (excludes halogenated alkanes) is 30. The Bertz CT molecular complexity index is 832. The van der Waals surface area contributed by atoms with Gasteiger partial charge in [0.2, 0.25) is 5.91 Å². The number of nitrogens with one attached hydrogen (secondary N) is 1. The van der Waals surface area contributed by atoms with E-state index in [1.165, 1.54) is 154 Å². The Hall–Kier alpha value is -1.40. The number of aliphatic hydroxyl groups excluding tert-OH is 2. The van der Waals surface area contributed by atoms with Crippen LogP contribution in [0, 0.1) is 0 Å². The number of aliphatic hydroxyl groups is 2. The van der Waals surface area contributed by atoms with E-state index in [0.717, 1.165) is 64.2 Å². The van der Waals surface area contributed by atoms with Gasteiger partial charge in [-0.15, -0.1) is 0 Å². The molecule has 0 radical (unpaired) electrons. The van der Waals surface area contributed by atoms with Crippen LogP contribution in [0.5, 0.6) is 0 Å². The molecule has 3 N–H and O–H groups in total. The van der Waals surface area contributed by atoms with Crippen LogP contribution < -0.4 is 5.32 Å². The van der Waals surface area contributed by atoms with Gasteiger partial charge in [0.15, 0.2) is 0 Å². The molecule has 0 bridgehead atoms. The van der Waals surface area contributed by atoms with Crippen LogP contribution in [0.2, 0.25) is 0 Å². The molecule has 0 aliphatic rings. The molecule has 1 amide bonds. The topological polar surface area (TPSA) is 95.9 Å². The van der Waals surface area contributed by atoms with E-state index in [2.05, 4.69) is 38.2 Å². The highest BCUT2D eigenvalue weighted by molar-refractivity contribution is 5.77. The maximum absolute atomic E-state index is 13.1. The van der Waals surface area contributed by atoms with Crippen molar-refractivity contribution in [2.24, 2.45) is 0 Å². The van der Waals surface area contributed by atoms with Crippen molar-refractivity contribution in [3.05, 3.63) is 12.2 Å². The lowest BCUT2D eigenvalue weighted by atomic mass is 10.0. The number of amides is 1. The molecule has 0 fully saturated rings. The third-order valence-electron chi connectivity index (χ3n) is 11.3. The summed E-state index contributed by atoms with van der Waals surface area (Å²) in [5, 5.41) is 23.7. The van der Waals surface area contributed by atoms with Gasteiger partial charge in [-0.3, -0.25) is 9.59 Å². The van der Waals surface area contributed by atoms with E-state index in [9.17, 15) is 19.8 Å². The van der Waals surface area contributed by atoms with Gasteiger partial charge in [0.25, 0.3) is 0 Å². The number of rotatable bonds is 44. The molecule has 0 aromatic heterocycles. The van der Waals surface area contributed by atoms with Crippen molar-refractivity contribution in [2.45, 2.75) is 283 Å². The van der Waals surface area contributed by atoms with Crippen LogP contribution >= 0.6 is 0 Å². The fourth-order valence-electron chi connectivity index (χ4n) is 7.60. The largest absolute Gasteiger partial charge is 0.462 e. The molecule has 6 heteroatoms. The molecule has 0 saturated carbocycles. The predicted molar refractivity (Wildman–Crippen MR) is 237 cm³/mol. The second-order valence-electron chi connectivity index (χ2n) is 16.9. The zero-order valence-corrected chi connectivity index (χ0v) is 37.1. The van der Waals surface area contributed by atoms with Gasteiger partial charge in [0, 0.05) is 6.42 Å². The first kappa shape index (κ1) is 53.6. The van der Waals surface area contributed by atoms with Gasteiger partial charge >= 0.3 is 5.97 Å². The summed E-state index contributed by atoms with van der Waals surface area (Å²) in [4.78, 5) is 26.0. The van der Waals surface area contributed by atoms with Crippen LogP contribution in [0.25, 0.3) is 0 Å². The van der Waals surface area contributed by atoms with Crippen molar-refractivity contribution in [3.8, 4) is 0 Å². The molecule has 0 aliphatic carbocycles. The standard InChI is InChI=1S/C49H95NO5/c1-4-7-10-13-16-19-22-23-24-25-27-29-32-35-38-41-47(52)46(44-51)50-48(53)43-45(40-37-34-31-28-21-18-15-12-9-6-3)55-49(54)42-39-36-33-30-26-20-17-14-11-8-5-2/h18,21,45-47,51-52H,4-17,19-20,22-44H2,1-3H3,(H,50,53)/b21-18-. The molecule has 0 spiro atoms. The van der Waals surface area contributed by atoms with Crippen LogP contribution in [-0.4, -0.2) is 46.9 Å². The number of ether oxygens (including phenoxy) is 1. The lowest BCUT2D eigenvalue weighted by Crippen LogP contribution is -2.46. The van der Waals surface area contributed by atoms with Gasteiger partial charge in [0.1, 0.15) is 6.10 Å². The summed E-state index contributed by atoms with van der Waals surface area (Å²) in [6.07, 6.45) is 47.0. The molecular weight excluding hydrogens is 683 g/mol. The maximum atomic E-state index is 13.1. The van der Waals surface area contributed by atoms with Gasteiger partial charge < -0.3 is 20.3 Å². The predicted octanol–water partition coefficient (Wildman–Crippen LogP) is 14.2. The van der Waals surface area contributed by atoms with Crippen LogP contribution in [-0.2, 0) is 14.3 Å². The SMILES string of the molecule is CCCCC/C=C\CCCCCC(CC(=O)NC(CO)C(O)CCCCCCCCCCCCCCCCC)OC(=O)CCCCCCCCCCCCC. The highest BCUT2D eigenvalue weighted by Crippen LogP contribution is 2.18. The molecule has 55 heavy (non-hydrogen) atoms. The molecule has 6 nitrogen and oxygen atoms in total. The summed E-state index contributed by atoms with van der Waals surface area (Å²) in [5.74, 6) is -0.479. The fourth-order valence-corrected chi connectivity index (χ4v) is 7.60. The van der Waals surface area contributed by atoms with Crippen molar-refractivity contribution in [2.75, 3.05) is 6.61 Å². The van der Waals surface area contributed by atoms with E-state index in [4.69, 9.17) is 4.74 Å². The Labute approximate surface area is 342 Å². The summed E-state index contributed by atoms with van der Waals surface area (Å²) in [5.41, 5.74) is 0. The number of allylic oxidation sites excluding steroid dienone is 2. The van der Waals surface area contributed by atoms with Crippen molar-refractivity contribution in [1.29, 1.82) is 0 Å². The first-order valence-electron chi connectivity index (χ1n) is 24.4. The molecule has 0 aliphatic heterocycles. The number of hydrogen-bond donors (Lipinski definition) is 3. The lowest BCUT2D eigenvalue weighted by molar-refractivity contribution is -0.151. The zero-order chi connectivity index (χ0) is 40.3. The molecule has 0 heterocycles. The minimum Gasteiger partial charge on any atom is -0.462 e. The first-order valence-corrected chi connectivity index (χ1v) is 24.4. The minimum atomic E-state index is -0.784. The summed E-state index contributed by atoms with van der Waals surface area (Å²) in [6, 6.07) is -0.698. The third-order valence-corrected chi connectivity index (χ3v) is 11.3. The fraction of sp³-hybridized carbons (Fsp3) is 0.918. The second kappa shape index (κ2) is 43.7. The molecular formula is C49H95NO5. The average molecular weight is 778 g/mol. The molecule has 0 aromatic rings. The van der Waals surface area contributed by atoms with Gasteiger partial charge in [-0.05, 0) is 51.4 Å².